The van der Waals surface area contributed by atoms with Crippen molar-refractivity contribution in [3.05, 3.63) is 151 Å². The Hall–Kier alpha value is -5.41. The molecule has 226 valence electrons. The number of benzene rings is 4. The molecule has 0 radical (unpaired) electrons. The Labute approximate surface area is 263 Å². The standard InChI is InChI=1S/C36H30N2O6S/c1-24-32(35(40)44-28-16-10-5-11-17-28)33(26-12-6-3-7-13-26)38-34(39)31(45-36(38)37-24)23-25-18-19-29(30(22-25)41-2)43-21-20-42-27-14-8-4-9-15-27/h3-19,22-23,33H,20-21H2,1-2H3/b31-23+/t33-/m1/s1. The van der Waals surface area contributed by atoms with Gasteiger partial charge in [0.2, 0.25) is 0 Å². The number of para-hydroxylation sites is 2. The van der Waals surface area contributed by atoms with Gasteiger partial charge in [0.1, 0.15) is 24.7 Å². The number of hydrogen-bond acceptors (Lipinski definition) is 8. The van der Waals surface area contributed by atoms with Gasteiger partial charge in [-0.3, -0.25) is 9.36 Å². The van der Waals surface area contributed by atoms with Crippen LogP contribution in [0.15, 0.2) is 130 Å². The zero-order chi connectivity index (χ0) is 31.2. The lowest BCUT2D eigenvalue weighted by atomic mass is 9.96. The van der Waals surface area contributed by atoms with Crippen molar-refractivity contribution in [2.75, 3.05) is 20.3 Å². The van der Waals surface area contributed by atoms with Crippen molar-refractivity contribution in [2.24, 2.45) is 4.99 Å². The molecule has 2 heterocycles. The minimum atomic E-state index is -0.704. The predicted octanol–water partition coefficient (Wildman–Crippen LogP) is 5.31. The smallest absolute Gasteiger partial charge is 0.343 e. The summed E-state index contributed by atoms with van der Waals surface area (Å²) in [6.45, 7) is 2.47. The summed E-state index contributed by atoms with van der Waals surface area (Å²) < 4.78 is 25.0. The molecule has 1 aliphatic heterocycles. The Balaban J connectivity index is 1.30. The highest BCUT2D eigenvalue weighted by molar-refractivity contribution is 7.07. The molecule has 9 heteroatoms. The van der Waals surface area contributed by atoms with Crippen LogP contribution in [-0.2, 0) is 4.79 Å². The van der Waals surface area contributed by atoms with Crippen LogP contribution in [0.25, 0.3) is 6.08 Å². The molecule has 1 aromatic heterocycles. The number of nitrogens with zero attached hydrogens (tertiary/aromatic N) is 2. The number of ether oxygens (including phenoxy) is 4. The third-order valence-corrected chi connectivity index (χ3v) is 8.13. The molecule has 0 N–H and O–H groups in total. The maximum absolute atomic E-state index is 14.0. The molecular formula is C36H30N2O6S. The maximum Gasteiger partial charge on any atom is 0.343 e. The molecule has 0 amide bonds. The van der Waals surface area contributed by atoms with Crippen molar-refractivity contribution < 1.29 is 23.7 Å². The van der Waals surface area contributed by atoms with Crippen molar-refractivity contribution in [1.29, 1.82) is 0 Å². The molecule has 1 atom stereocenters. The molecule has 0 bridgehead atoms. The second-order valence-corrected chi connectivity index (χ2v) is 11.1. The van der Waals surface area contributed by atoms with E-state index in [1.807, 2.05) is 78.9 Å². The molecule has 5 aromatic rings. The molecule has 4 aromatic carbocycles. The second-order valence-electron chi connectivity index (χ2n) is 10.1. The van der Waals surface area contributed by atoms with Crippen molar-refractivity contribution >= 4 is 23.4 Å². The van der Waals surface area contributed by atoms with Crippen LogP contribution in [0.5, 0.6) is 23.0 Å². The number of aromatic nitrogens is 1. The molecule has 0 spiro atoms. The van der Waals surface area contributed by atoms with Gasteiger partial charge in [0, 0.05) is 0 Å². The van der Waals surface area contributed by atoms with Crippen LogP contribution < -0.4 is 33.8 Å². The van der Waals surface area contributed by atoms with E-state index in [-0.39, 0.29) is 5.56 Å². The first-order valence-electron chi connectivity index (χ1n) is 14.4. The maximum atomic E-state index is 14.0. The van der Waals surface area contributed by atoms with Gasteiger partial charge in [-0.1, -0.05) is 84.1 Å². The van der Waals surface area contributed by atoms with E-state index in [0.717, 1.165) is 16.9 Å². The number of methoxy groups -OCH3 is 1. The molecule has 1 aliphatic rings. The topological polar surface area (TPSA) is 88.4 Å². The van der Waals surface area contributed by atoms with Crippen LogP contribution in [0.2, 0.25) is 0 Å². The van der Waals surface area contributed by atoms with Crippen molar-refractivity contribution in [1.82, 2.24) is 4.57 Å². The van der Waals surface area contributed by atoms with Gasteiger partial charge in [-0.05, 0) is 60.5 Å². The van der Waals surface area contributed by atoms with Crippen molar-refractivity contribution in [3.8, 4) is 23.0 Å². The van der Waals surface area contributed by atoms with Gasteiger partial charge in [-0.2, -0.15) is 0 Å². The summed E-state index contributed by atoms with van der Waals surface area (Å²) >= 11 is 1.26. The Bertz CT molecular complexity index is 2020. The van der Waals surface area contributed by atoms with Gasteiger partial charge in [0.05, 0.1) is 29.0 Å². The highest BCUT2D eigenvalue weighted by Crippen LogP contribution is 2.31. The molecule has 0 aliphatic carbocycles. The fourth-order valence-corrected chi connectivity index (χ4v) is 6.10. The van der Waals surface area contributed by atoms with Crippen molar-refractivity contribution in [3.63, 3.8) is 0 Å². The SMILES string of the molecule is COc1cc(/C=c2/sc3n(c2=O)[C@H](c2ccccc2)C(C(=O)Oc2ccccc2)=C(C)N=3)ccc1OCCOc1ccccc1. The number of carbonyl (C=O) groups excluding carboxylic acids is 1. The number of allylic oxidation sites excluding steroid dienone is 1. The second kappa shape index (κ2) is 13.5. The molecule has 8 nitrogen and oxygen atoms in total. The van der Waals surface area contributed by atoms with E-state index in [9.17, 15) is 9.59 Å². The largest absolute Gasteiger partial charge is 0.493 e. The van der Waals surface area contributed by atoms with Crippen LogP contribution in [0.3, 0.4) is 0 Å². The summed E-state index contributed by atoms with van der Waals surface area (Å²) in [6, 6.07) is 32.6. The average Bonchev–Trinajstić information content (AvgIpc) is 3.37. The van der Waals surface area contributed by atoms with Crippen LogP contribution >= 0.6 is 11.3 Å². The average molecular weight is 619 g/mol. The zero-order valence-electron chi connectivity index (χ0n) is 24.7. The number of fused-ring (bicyclic) bond motifs is 1. The van der Waals surface area contributed by atoms with Gasteiger partial charge in [-0.25, -0.2) is 9.79 Å². The molecule has 45 heavy (non-hydrogen) atoms. The lowest BCUT2D eigenvalue weighted by Gasteiger charge is -2.24. The van der Waals surface area contributed by atoms with Crippen LogP contribution in [0, 0.1) is 0 Å². The van der Waals surface area contributed by atoms with E-state index in [1.54, 1.807) is 55.0 Å². The molecule has 0 saturated carbocycles. The highest BCUT2D eigenvalue weighted by atomic mass is 32.1. The normalized spacial score (nSPS) is 14.4. The fourth-order valence-electron chi connectivity index (χ4n) is 5.06. The van der Waals surface area contributed by atoms with Gasteiger partial charge < -0.3 is 18.9 Å². The summed E-state index contributed by atoms with van der Waals surface area (Å²) in [5, 5.41) is 0. The highest BCUT2D eigenvalue weighted by Gasteiger charge is 2.33. The lowest BCUT2D eigenvalue weighted by molar-refractivity contribution is -0.130. The van der Waals surface area contributed by atoms with Crippen molar-refractivity contribution in [2.45, 2.75) is 13.0 Å². The van der Waals surface area contributed by atoms with E-state index in [2.05, 4.69) is 4.99 Å². The van der Waals surface area contributed by atoms with Gasteiger partial charge in [0.25, 0.3) is 5.56 Å². The van der Waals surface area contributed by atoms with Crippen LogP contribution in [0.4, 0.5) is 0 Å². The summed E-state index contributed by atoms with van der Waals surface area (Å²) in [4.78, 5) is 32.7. The predicted molar refractivity (Wildman–Crippen MR) is 173 cm³/mol. The number of rotatable bonds is 10. The zero-order valence-corrected chi connectivity index (χ0v) is 25.5. The van der Waals surface area contributed by atoms with Gasteiger partial charge in [-0.15, -0.1) is 0 Å². The minimum absolute atomic E-state index is 0.262. The number of hydrogen-bond donors (Lipinski definition) is 0. The number of carbonyl (C=O) groups is 1. The Kier molecular flexibility index (Phi) is 8.89. The third kappa shape index (κ3) is 6.58. The first-order chi connectivity index (χ1) is 22.0. The summed E-state index contributed by atoms with van der Waals surface area (Å²) in [7, 11) is 1.57. The Morgan fingerprint density at radius 1 is 0.844 bits per heavy atom. The first-order valence-corrected chi connectivity index (χ1v) is 15.2. The van der Waals surface area contributed by atoms with E-state index >= 15 is 0 Å². The van der Waals surface area contributed by atoms with Gasteiger partial charge in [0.15, 0.2) is 16.3 Å². The molecule has 0 unspecified atom stereocenters. The summed E-state index contributed by atoms with van der Waals surface area (Å²) in [5.41, 5.74) is 2.07. The number of thiazole rings is 1. The quantitative estimate of drug-likeness (QED) is 0.120. The molecule has 0 saturated heterocycles. The van der Waals surface area contributed by atoms with E-state index in [4.69, 9.17) is 18.9 Å². The van der Waals surface area contributed by atoms with Crippen LogP contribution in [0.1, 0.15) is 24.1 Å². The summed E-state index contributed by atoms with van der Waals surface area (Å²) in [6.07, 6.45) is 1.79. The monoisotopic (exact) mass is 618 g/mol. The lowest BCUT2D eigenvalue weighted by Crippen LogP contribution is -2.40. The van der Waals surface area contributed by atoms with Gasteiger partial charge >= 0.3 is 5.97 Å². The fraction of sp³-hybridized carbons (Fsp3) is 0.139. The van der Waals surface area contributed by atoms with E-state index in [1.165, 1.54) is 11.3 Å². The van der Waals surface area contributed by atoms with Crippen LogP contribution in [-0.4, -0.2) is 30.9 Å². The number of esters is 1. The minimum Gasteiger partial charge on any atom is -0.493 e. The Morgan fingerprint density at radius 3 is 2.18 bits per heavy atom. The Morgan fingerprint density at radius 2 is 1.49 bits per heavy atom. The van der Waals surface area contributed by atoms with E-state index < -0.39 is 12.0 Å². The molecular weight excluding hydrogens is 588 g/mol. The first kappa shape index (κ1) is 29.7. The van der Waals surface area contributed by atoms with E-state index in [0.29, 0.717) is 51.1 Å². The summed E-state index contributed by atoms with van der Waals surface area (Å²) in [5.74, 6) is 1.72. The molecule has 0 fully saturated rings. The third-order valence-electron chi connectivity index (χ3n) is 7.15. The molecule has 6 rings (SSSR count).